The lowest BCUT2D eigenvalue weighted by Crippen LogP contribution is -2.44. The fourth-order valence-corrected chi connectivity index (χ4v) is 2.20. The third-order valence-corrected chi connectivity index (χ3v) is 3.18. The minimum Gasteiger partial charge on any atom is -0.469 e. The van der Waals surface area contributed by atoms with Gasteiger partial charge in [0.1, 0.15) is 5.82 Å². The molecule has 0 aliphatic heterocycles. The van der Waals surface area contributed by atoms with Crippen LogP contribution >= 0.6 is 0 Å². The Morgan fingerprint density at radius 1 is 1.39 bits per heavy atom. The van der Waals surface area contributed by atoms with Gasteiger partial charge in [0.25, 0.3) is 0 Å². The summed E-state index contributed by atoms with van der Waals surface area (Å²) >= 11 is 0. The molecule has 0 aliphatic carbocycles. The number of halogens is 1. The average molecular weight is 253 g/mol. The first kappa shape index (κ1) is 14.6. The molecular weight excluding hydrogens is 233 g/mol. The maximum absolute atomic E-state index is 14.0. The summed E-state index contributed by atoms with van der Waals surface area (Å²) in [6, 6.07) is 6.54. The van der Waals surface area contributed by atoms with Crippen molar-refractivity contribution in [3.05, 3.63) is 35.6 Å². The fraction of sp³-hybridized carbons (Fsp3) is 0.500. The number of hydrogen-bond donors (Lipinski definition) is 1. The number of rotatable bonds is 6. The van der Waals surface area contributed by atoms with E-state index in [0.29, 0.717) is 18.5 Å². The first-order chi connectivity index (χ1) is 8.59. The molecule has 18 heavy (non-hydrogen) atoms. The van der Waals surface area contributed by atoms with E-state index in [2.05, 4.69) is 5.32 Å². The average Bonchev–Trinajstić information content (AvgIpc) is 2.38. The second-order valence-corrected chi connectivity index (χ2v) is 4.20. The van der Waals surface area contributed by atoms with Gasteiger partial charge in [-0.2, -0.15) is 0 Å². The molecule has 1 aromatic carbocycles. The van der Waals surface area contributed by atoms with Crippen LogP contribution in [-0.4, -0.2) is 19.6 Å². The molecule has 0 spiro atoms. The van der Waals surface area contributed by atoms with E-state index < -0.39 is 5.54 Å². The van der Waals surface area contributed by atoms with E-state index in [1.165, 1.54) is 13.2 Å². The van der Waals surface area contributed by atoms with Crippen molar-refractivity contribution < 1.29 is 13.9 Å². The second-order valence-electron chi connectivity index (χ2n) is 4.20. The van der Waals surface area contributed by atoms with E-state index >= 15 is 0 Å². The van der Waals surface area contributed by atoms with Crippen LogP contribution in [0.4, 0.5) is 4.39 Å². The van der Waals surface area contributed by atoms with Crippen molar-refractivity contribution in [1.82, 2.24) is 5.32 Å². The van der Waals surface area contributed by atoms with Gasteiger partial charge in [-0.3, -0.25) is 4.79 Å². The van der Waals surface area contributed by atoms with Gasteiger partial charge >= 0.3 is 5.97 Å². The minimum absolute atomic E-state index is 0.120. The van der Waals surface area contributed by atoms with Crippen molar-refractivity contribution in [1.29, 1.82) is 0 Å². The van der Waals surface area contributed by atoms with Gasteiger partial charge in [0.05, 0.1) is 19.1 Å². The number of hydrogen-bond acceptors (Lipinski definition) is 3. The first-order valence-electron chi connectivity index (χ1n) is 6.16. The highest BCUT2D eigenvalue weighted by Crippen LogP contribution is 2.31. The Morgan fingerprint density at radius 2 is 2.06 bits per heavy atom. The molecule has 4 heteroatoms. The number of carbonyl (C=O) groups is 1. The molecule has 0 saturated heterocycles. The third kappa shape index (κ3) is 3.07. The Hall–Kier alpha value is -1.42. The zero-order valence-corrected chi connectivity index (χ0v) is 11.1. The van der Waals surface area contributed by atoms with Crippen LogP contribution in [0, 0.1) is 5.82 Å². The second kappa shape index (κ2) is 6.50. The summed E-state index contributed by atoms with van der Waals surface area (Å²) in [5.74, 6) is -0.648. The van der Waals surface area contributed by atoms with Gasteiger partial charge in [0.2, 0.25) is 0 Å². The Bertz CT molecular complexity index is 409. The van der Waals surface area contributed by atoms with Gasteiger partial charge in [0.15, 0.2) is 0 Å². The maximum Gasteiger partial charge on any atom is 0.307 e. The number of carbonyl (C=O) groups excluding carboxylic acids is 1. The van der Waals surface area contributed by atoms with Gasteiger partial charge in [-0.25, -0.2) is 4.39 Å². The monoisotopic (exact) mass is 253 g/mol. The number of methoxy groups -OCH3 is 1. The topological polar surface area (TPSA) is 38.3 Å². The standard InChI is InChI=1S/C14H20FNO2/c1-4-14(16-5-2,10-13(17)18-3)11-8-6-7-9-12(11)15/h6-9,16H,4-5,10H2,1-3H3. The Labute approximate surface area is 107 Å². The molecule has 0 radical (unpaired) electrons. The fourth-order valence-electron chi connectivity index (χ4n) is 2.20. The van der Waals surface area contributed by atoms with Gasteiger partial charge in [-0.1, -0.05) is 32.0 Å². The normalized spacial score (nSPS) is 14.0. The van der Waals surface area contributed by atoms with E-state index in [0.717, 1.165) is 0 Å². The Balaban J connectivity index is 3.18. The SMILES string of the molecule is CCNC(CC)(CC(=O)OC)c1ccccc1F. The summed E-state index contributed by atoms with van der Waals surface area (Å²) < 4.78 is 18.7. The molecule has 1 aromatic rings. The van der Waals surface area contributed by atoms with Crippen LogP contribution in [0.1, 0.15) is 32.3 Å². The molecular formula is C14H20FNO2. The first-order valence-corrected chi connectivity index (χ1v) is 6.16. The third-order valence-electron chi connectivity index (χ3n) is 3.18. The van der Waals surface area contributed by atoms with Crippen molar-refractivity contribution in [3.8, 4) is 0 Å². The molecule has 0 bridgehead atoms. The number of benzene rings is 1. The molecule has 100 valence electrons. The largest absolute Gasteiger partial charge is 0.469 e. The van der Waals surface area contributed by atoms with Crippen molar-refractivity contribution >= 4 is 5.97 Å². The Morgan fingerprint density at radius 3 is 2.56 bits per heavy atom. The molecule has 0 amide bonds. The molecule has 1 N–H and O–H groups in total. The molecule has 1 rings (SSSR count). The van der Waals surface area contributed by atoms with Crippen LogP contribution in [0.5, 0.6) is 0 Å². The number of ether oxygens (including phenoxy) is 1. The van der Waals surface area contributed by atoms with E-state index in [-0.39, 0.29) is 18.2 Å². The summed E-state index contributed by atoms with van der Waals surface area (Å²) in [6.45, 7) is 4.51. The molecule has 0 aromatic heterocycles. The van der Waals surface area contributed by atoms with Crippen LogP contribution in [0.25, 0.3) is 0 Å². The summed E-state index contributed by atoms with van der Waals surface area (Å²) in [5.41, 5.74) is -0.188. The van der Waals surface area contributed by atoms with Gasteiger partial charge in [-0.05, 0) is 19.0 Å². The van der Waals surface area contributed by atoms with Crippen LogP contribution in [-0.2, 0) is 15.1 Å². The van der Waals surface area contributed by atoms with E-state index in [1.807, 2.05) is 13.8 Å². The number of esters is 1. The van der Waals surface area contributed by atoms with Crippen molar-refractivity contribution in [3.63, 3.8) is 0 Å². The predicted molar refractivity (Wildman–Crippen MR) is 68.7 cm³/mol. The smallest absolute Gasteiger partial charge is 0.307 e. The van der Waals surface area contributed by atoms with E-state index in [4.69, 9.17) is 4.74 Å². The van der Waals surface area contributed by atoms with Crippen LogP contribution in [0.15, 0.2) is 24.3 Å². The highest BCUT2D eigenvalue weighted by molar-refractivity contribution is 5.71. The van der Waals surface area contributed by atoms with Gasteiger partial charge < -0.3 is 10.1 Å². The molecule has 1 unspecified atom stereocenters. The summed E-state index contributed by atoms with van der Waals surface area (Å²) in [7, 11) is 1.34. The van der Waals surface area contributed by atoms with Crippen molar-refractivity contribution in [2.45, 2.75) is 32.2 Å². The molecule has 0 fully saturated rings. The summed E-state index contributed by atoms with van der Waals surface area (Å²) in [4.78, 5) is 11.6. The summed E-state index contributed by atoms with van der Waals surface area (Å²) in [5, 5.41) is 3.23. The molecule has 0 aliphatic rings. The molecule has 0 heterocycles. The minimum atomic E-state index is -0.701. The Kier molecular flexibility index (Phi) is 5.28. The highest BCUT2D eigenvalue weighted by atomic mass is 19.1. The zero-order chi connectivity index (χ0) is 13.6. The van der Waals surface area contributed by atoms with Crippen LogP contribution < -0.4 is 5.32 Å². The lowest BCUT2D eigenvalue weighted by molar-refractivity contribution is -0.142. The molecule has 3 nitrogen and oxygen atoms in total. The quantitative estimate of drug-likeness (QED) is 0.792. The van der Waals surface area contributed by atoms with Crippen molar-refractivity contribution in [2.75, 3.05) is 13.7 Å². The lowest BCUT2D eigenvalue weighted by Gasteiger charge is -2.33. The highest BCUT2D eigenvalue weighted by Gasteiger charge is 2.34. The van der Waals surface area contributed by atoms with E-state index in [9.17, 15) is 9.18 Å². The van der Waals surface area contributed by atoms with Gasteiger partial charge in [0, 0.05) is 5.56 Å². The lowest BCUT2D eigenvalue weighted by atomic mass is 9.83. The van der Waals surface area contributed by atoms with Crippen LogP contribution in [0.2, 0.25) is 0 Å². The number of nitrogens with one attached hydrogen (secondary N) is 1. The maximum atomic E-state index is 14.0. The predicted octanol–water partition coefficient (Wildman–Crippen LogP) is 2.60. The van der Waals surface area contributed by atoms with Gasteiger partial charge in [-0.15, -0.1) is 0 Å². The molecule has 1 atom stereocenters. The van der Waals surface area contributed by atoms with Crippen LogP contribution in [0.3, 0.4) is 0 Å². The van der Waals surface area contributed by atoms with Crippen molar-refractivity contribution in [2.24, 2.45) is 0 Å². The molecule has 0 saturated carbocycles. The van der Waals surface area contributed by atoms with E-state index in [1.54, 1.807) is 18.2 Å². The summed E-state index contributed by atoms with van der Waals surface area (Å²) in [6.07, 6.45) is 0.728. The zero-order valence-electron chi connectivity index (χ0n) is 11.1.